The van der Waals surface area contributed by atoms with Crippen molar-refractivity contribution >= 4 is 34.2 Å². The molecule has 5 nitrogen and oxygen atoms in total. The first-order valence-electron chi connectivity index (χ1n) is 9.04. The Labute approximate surface area is 168 Å². The molecule has 1 N–H and O–H groups in total. The minimum Gasteiger partial charge on any atom is -0.306 e. The van der Waals surface area contributed by atoms with Crippen LogP contribution in [0.25, 0.3) is 16.6 Å². The first kappa shape index (κ1) is 18.2. The molecule has 1 amide bonds. The maximum Gasteiger partial charge on any atom is 0.260 e. The van der Waals surface area contributed by atoms with E-state index in [9.17, 15) is 4.79 Å². The van der Waals surface area contributed by atoms with Gasteiger partial charge in [-0.3, -0.25) is 4.79 Å². The Morgan fingerprint density at radius 2 is 1.79 bits per heavy atom. The zero-order valence-corrected chi connectivity index (χ0v) is 16.3. The number of carbonyl (C=O) groups excluding carboxylic acids is 1. The van der Waals surface area contributed by atoms with Crippen LogP contribution in [0.1, 0.15) is 35.8 Å². The summed E-state index contributed by atoms with van der Waals surface area (Å²) in [7, 11) is 0. The summed E-state index contributed by atoms with van der Waals surface area (Å²) in [5.41, 5.74) is 3.05. The number of nitrogens with zero attached hydrogens (tertiary/aromatic N) is 3. The standard InChI is InChI=1S/C22H19ClN4O/c1-14(2)21-18(13-24-27(21)17-10-8-16(23)9-11-17)22(28)26-20-12-7-15-5-3-4-6-19(15)25-20/h3-14H,1-2H3,(H,25,26,28). The molecule has 4 aromatic rings. The Hall–Kier alpha value is -3.18. The summed E-state index contributed by atoms with van der Waals surface area (Å²) >= 11 is 5.99. The highest BCUT2D eigenvalue weighted by atomic mass is 35.5. The lowest BCUT2D eigenvalue weighted by Crippen LogP contribution is -2.16. The molecule has 140 valence electrons. The van der Waals surface area contributed by atoms with E-state index in [-0.39, 0.29) is 11.8 Å². The Morgan fingerprint density at radius 1 is 1.04 bits per heavy atom. The van der Waals surface area contributed by atoms with E-state index in [1.54, 1.807) is 29.1 Å². The van der Waals surface area contributed by atoms with Crippen molar-refractivity contribution in [1.82, 2.24) is 14.8 Å². The lowest BCUT2D eigenvalue weighted by Gasteiger charge is -2.13. The normalized spacial score (nSPS) is 11.1. The zero-order valence-electron chi connectivity index (χ0n) is 15.6. The lowest BCUT2D eigenvalue weighted by molar-refractivity contribution is 0.102. The number of amides is 1. The minimum absolute atomic E-state index is 0.100. The van der Waals surface area contributed by atoms with E-state index in [1.165, 1.54) is 0 Å². The largest absolute Gasteiger partial charge is 0.306 e. The van der Waals surface area contributed by atoms with Crippen LogP contribution in [-0.2, 0) is 0 Å². The Morgan fingerprint density at radius 3 is 2.54 bits per heavy atom. The average molecular weight is 391 g/mol. The smallest absolute Gasteiger partial charge is 0.260 e. The molecule has 0 fully saturated rings. The third kappa shape index (κ3) is 3.49. The molecule has 0 aliphatic carbocycles. The van der Waals surface area contributed by atoms with Crippen LogP contribution in [0.4, 0.5) is 5.82 Å². The molecule has 0 atom stereocenters. The van der Waals surface area contributed by atoms with Crippen molar-refractivity contribution in [3.05, 3.63) is 83.1 Å². The Bertz CT molecular complexity index is 1150. The number of halogens is 1. The van der Waals surface area contributed by atoms with E-state index in [1.807, 2.05) is 56.3 Å². The maximum atomic E-state index is 12.9. The van der Waals surface area contributed by atoms with Crippen molar-refractivity contribution in [3.8, 4) is 5.69 Å². The molecule has 0 radical (unpaired) electrons. The van der Waals surface area contributed by atoms with Crippen LogP contribution in [0.5, 0.6) is 0 Å². The number of pyridine rings is 1. The number of para-hydroxylation sites is 1. The summed E-state index contributed by atoms with van der Waals surface area (Å²) in [5.74, 6) is 0.382. The number of benzene rings is 2. The first-order chi connectivity index (χ1) is 13.5. The van der Waals surface area contributed by atoms with Gasteiger partial charge in [0, 0.05) is 10.4 Å². The summed E-state index contributed by atoms with van der Waals surface area (Å²) in [6.07, 6.45) is 1.60. The molecule has 2 aromatic heterocycles. The first-order valence-corrected chi connectivity index (χ1v) is 9.42. The van der Waals surface area contributed by atoms with Crippen LogP contribution in [0.3, 0.4) is 0 Å². The van der Waals surface area contributed by atoms with Crippen LogP contribution >= 0.6 is 11.6 Å². The highest BCUT2D eigenvalue weighted by molar-refractivity contribution is 6.30. The summed E-state index contributed by atoms with van der Waals surface area (Å²) < 4.78 is 1.78. The second-order valence-corrected chi connectivity index (χ2v) is 7.27. The van der Waals surface area contributed by atoms with Crippen molar-refractivity contribution < 1.29 is 4.79 Å². The molecule has 4 rings (SSSR count). The summed E-state index contributed by atoms with van der Waals surface area (Å²) in [6.45, 7) is 4.07. The van der Waals surface area contributed by atoms with Crippen molar-refractivity contribution in [3.63, 3.8) is 0 Å². The average Bonchev–Trinajstić information content (AvgIpc) is 3.14. The number of hydrogen-bond acceptors (Lipinski definition) is 3. The van der Waals surface area contributed by atoms with E-state index in [0.717, 1.165) is 22.3 Å². The quantitative estimate of drug-likeness (QED) is 0.504. The zero-order chi connectivity index (χ0) is 19.7. The Kier molecular flexibility index (Phi) is 4.84. The van der Waals surface area contributed by atoms with Gasteiger partial charge in [0.05, 0.1) is 28.7 Å². The van der Waals surface area contributed by atoms with Crippen LogP contribution in [0, 0.1) is 0 Å². The van der Waals surface area contributed by atoms with Gasteiger partial charge in [-0.05, 0) is 48.4 Å². The van der Waals surface area contributed by atoms with E-state index in [2.05, 4.69) is 15.4 Å². The number of carbonyl (C=O) groups is 1. The molecule has 2 heterocycles. The lowest BCUT2D eigenvalue weighted by atomic mass is 10.0. The second-order valence-electron chi connectivity index (χ2n) is 6.83. The molecule has 28 heavy (non-hydrogen) atoms. The molecule has 0 aliphatic rings. The van der Waals surface area contributed by atoms with Gasteiger partial charge in [-0.1, -0.05) is 43.6 Å². The van der Waals surface area contributed by atoms with Gasteiger partial charge in [-0.25, -0.2) is 9.67 Å². The highest BCUT2D eigenvalue weighted by Gasteiger charge is 2.21. The fraction of sp³-hybridized carbons (Fsp3) is 0.136. The van der Waals surface area contributed by atoms with Crippen molar-refractivity contribution in [1.29, 1.82) is 0 Å². The molecule has 0 bridgehead atoms. The summed E-state index contributed by atoms with van der Waals surface area (Å²) in [4.78, 5) is 17.5. The number of fused-ring (bicyclic) bond motifs is 1. The topological polar surface area (TPSA) is 59.8 Å². The van der Waals surface area contributed by atoms with Gasteiger partial charge in [0.2, 0.25) is 0 Å². The van der Waals surface area contributed by atoms with Crippen LogP contribution in [-0.4, -0.2) is 20.7 Å². The molecule has 6 heteroatoms. The van der Waals surface area contributed by atoms with E-state index < -0.39 is 0 Å². The molecule has 2 aromatic carbocycles. The number of aromatic nitrogens is 3. The van der Waals surface area contributed by atoms with E-state index in [0.29, 0.717) is 16.4 Å². The minimum atomic E-state index is -0.230. The molecular formula is C22H19ClN4O. The van der Waals surface area contributed by atoms with Gasteiger partial charge in [-0.15, -0.1) is 0 Å². The predicted octanol–water partition coefficient (Wildman–Crippen LogP) is 5.45. The third-order valence-electron chi connectivity index (χ3n) is 4.51. The van der Waals surface area contributed by atoms with E-state index in [4.69, 9.17) is 11.6 Å². The van der Waals surface area contributed by atoms with Crippen molar-refractivity contribution in [2.75, 3.05) is 5.32 Å². The fourth-order valence-electron chi connectivity index (χ4n) is 3.20. The van der Waals surface area contributed by atoms with Gasteiger partial charge < -0.3 is 5.32 Å². The van der Waals surface area contributed by atoms with Crippen molar-refractivity contribution in [2.45, 2.75) is 19.8 Å². The fourth-order valence-corrected chi connectivity index (χ4v) is 3.32. The number of hydrogen-bond donors (Lipinski definition) is 1. The summed E-state index contributed by atoms with van der Waals surface area (Å²) in [5, 5.41) is 9.02. The van der Waals surface area contributed by atoms with Gasteiger partial charge >= 0.3 is 0 Å². The SMILES string of the molecule is CC(C)c1c(C(=O)Nc2ccc3ccccc3n2)cnn1-c1ccc(Cl)cc1. The number of nitrogens with one attached hydrogen (secondary N) is 1. The van der Waals surface area contributed by atoms with E-state index >= 15 is 0 Å². The molecule has 0 unspecified atom stereocenters. The maximum absolute atomic E-state index is 12.9. The van der Waals surface area contributed by atoms with Gasteiger partial charge in [0.1, 0.15) is 5.82 Å². The van der Waals surface area contributed by atoms with Crippen LogP contribution in [0.15, 0.2) is 66.9 Å². The van der Waals surface area contributed by atoms with Crippen LogP contribution in [0.2, 0.25) is 5.02 Å². The number of rotatable bonds is 4. The monoisotopic (exact) mass is 390 g/mol. The molecule has 0 saturated heterocycles. The van der Waals surface area contributed by atoms with Gasteiger partial charge in [0.15, 0.2) is 0 Å². The molecule has 0 spiro atoms. The highest BCUT2D eigenvalue weighted by Crippen LogP contribution is 2.25. The van der Waals surface area contributed by atoms with Gasteiger partial charge in [-0.2, -0.15) is 5.10 Å². The summed E-state index contributed by atoms with van der Waals surface area (Å²) in [6, 6.07) is 18.9. The second kappa shape index (κ2) is 7.44. The van der Waals surface area contributed by atoms with Crippen molar-refractivity contribution in [2.24, 2.45) is 0 Å². The Balaban J connectivity index is 1.67. The van der Waals surface area contributed by atoms with Gasteiger partial charge in [0.25, 0.3) is 5.91 Å². The third-order valence-corrected chi connectivity index (χ3v) is 4.76. The molecular weight excluding hydrogens is 372 g/mol. The van der Waals surface area contributed by atoms with Crippen LogP contribution < -0.4 is 5.32 Å². The molecule has 0 aliphatic heterocycles. The predicted molar refractivity (Wildman–Crippen MR) is 112 cm³/mol. The molecule has 0 saturated carbocycles. The number of anilines is 1.